The molecule has 4 heterocycles. The normalized spacial score (nSPS) is 14.7. The molecule has 1 aliphatic heterocycles. The van der Waals surface area contributed by atoms with Gasteiger partial charge in [0.15, 0.2) is 11.6 Å². The van der Waals surface area contributed by atoms with Crippen LogP contribution in [0.5, 0.6) is 11.8 Å². The van der Waals surface area contributed by atoms with Crippen molar-refractivity contribution >= 4 is 17.5 Å². The van der Waals surface area contributed by atoms with Gasteiger partial charge in [0, 0.05) is 51.6 Å². The van der Waals surface area contributed by atoms with Gasteiger partial charge in [-0.1, -0.05) is 5.21 Å². The third kappa shape index (κ3) is 6.91. The number of nitrogens with two attached hydrogens (primary N) is 1. The number of rotatable bonds is 11. The van der Waals surface area contributed by atoms with Crippen molar-refractivity contribution in [3.05, 3.63) is 29.7 Å². The summed E-state index contributed by atoms with van der Waals surface area (Å²) in [6, 6.07) is 3.73. The minimum Gasteiger partial charge on any atom is -0.489 e. The Morgan fingerprint density at radius 2 is 2.03 bits per heavy atom. The van der Waals surface area contributed by atoms with E-state index in [2.05, 4.69) is 35.5 Å². The lowest BCUT2D eigenvalue weighted by atomic mass is 9.98. The first kappa shape index (κ1) is 28.0. The van der Waals surface area contributed by atoms with Gasteiger partial charge in [0.1, 0.15) is 23.3 Å². The van der Waals surface area contributed by atoms with Crippen LogP contribution in [0, 0.1) is 12.8 Å². The van der Waals surface area contributed by atoms with Gasteiger partial charge in [0.25, 0.3) is 5.91 Å². The molecule has 4 rings (SSSR count). The third-order valence-electron chi connectivity index (χ3n) is 6.65. The molecule has 3 aromatic rings. The number of ether oxygens (including phenoxy) is 3. The highest BCUT2D eigenvalue weighted by atomic mass is 16.5. The van der Waals surface area contributed by atoms with Gasteiger partial charge in [0.2, 0.25) is 0 Å². The summed E-state index contributed by atoms with van der Waals surface area (Å²) in [4.78, 5) is 27.9. The first-order valence-electron chi connectivity index (χ1n) is 13.1. The van der Waals surface area contributed by atoms with Crippen molar-refractivity contribution in [2.24, 2.45) is 13.0 Å². The minimum absolute atomic E-state index is 0.157. The first-order chi connectivity index (χ1) is 18.8. The van der Waals surface area contributed by atoms with E-state index in [1.54, 1.807) is 24.1 Å². The number of aryl methyl sites for hydroxylation is 1. The van der Waals surface area contributed by atoms with Crippen LogP contribution in [0.2, 0.25) is 0 Å². The number of aromatic nitrogens is 6. The van der Waals surface area contributed by atoms with Crippen LogP contribution in [0.3, 0.4) is 0 Å². The number of nitrogen functional groups attached to an aromatic ring is 1. The van der Waals surface area contributed by atoms with Crippen molar-refractivity contribution < 1.29 is 19.0 Å². The largest absolute Gasteiger partial charge is 0.489 e. The van der Waals surface area contributed by atoms with E-state index in [1.165, 1.54) is 0 Å². The molecule has 13 heteroatoms. The maximum atomic E-state index is 12.5. The Hall–Kier alpha value is -4.00. The molecule has 13 nitrogen and oxygen atoms in total. The monoisotopic (exact) mass is 539 g/mol. The predicted molar refractivity (Wildman–Crippen MR) is 146 cm³/mol. The molecule has 39 heavy (non-hydrogen) atoms. The zero-order valence-electron chi connectivity index (χ0n) is 23.2. The molecule has 1 aliphatic rings. The molecule has 1 atom stereocenters. The maximum absolute atomic E-state index is 12.5. The van der Waals surface area contributed by atoms with Gasteiger partial charge >= 0.3 is 6.01 Å². The molecule has 1 saturated heterocycles. The molecule has 210 valence electrons. The van der Waals surface area contributed by atoms with Gasteiger partial charge in [-0.15, -0.1) is 5.10 Å². The van der Waals surface area contributed by atoms with Crippen LogP contribution < -0.4 is 25.4 Å². The Labute approximate surface area is 228 Å². The number of methoxy groups -OCH3 is 1. The quantitative estimate of drug-likeness (QED) is 0.367. The molecule has 1 amide bonds. The first-order valence-corrected chi connectivity index (χ1v) is 13.1. The summed E-state index contributed by atoms with van der Waals surface area (Å²) in [6.45, 7) is 8.58. The number of piperidine rings is 1. The molecular weight excluding hydrogens is 502 g/mol. The van der Waals surface area contributed by atoms with E-state index in [4.69, 9.17) is 19.9 Å². The Bertz CT molecular complexity index is 1270. The Kier molecular flexibility index (Phi) is 9.12. The second kappa shape index (κ2) is 12.7. The molecule has 0 bridgehead atoms. The van der Waals surface area contributed by atoms with Crippen LogP contribution in [0.1, 0.15) is 42.9 Å². The second-order valence-corrected chi connectivity index (χ2v) is 9.63. The third-order valence-corrected chi connectivity index (χ3v) is 6.65. The second-order valence-electron chi connectivity index (χ2n) is 9.63. The van der Waals surface area contributed by atoms with Gasteiger partial charge in [-0.25, -0.2) is 4.98 Å². The van der Waals surface area contributed by atoms with Gasteiger partial charge in [-0.3, -0.25) is 9.48 Å². The van der Waals surface area contributed by atoms with Gasteiger partial charge < -0.3 is 30.2 Å². The fourth-order valence-electron chi connectivity index (χ4n) is 4.35. The lowest BCUT2D eigenvalue weighted by molar-refractivity contribution is 0.0843. The van der Waals surface area contributed by atoms with Crippen LogP contribution in [0.15, 0.2) is 18.3 Å². The molecule has 0 radical (unpaired) electrons. The molecule has 0 aromatic carbocycles. The number of amides is 1. The van der Waals surface area contributed by atoms with E-state index in [9.17, 15) is 4.79 Å². The zero-order valence-corrected chi connectivity index (χ0v) is 23.2. The predicted octanol–water partition coefficient (Wildman–Crippen LogP) is 2.02. The number of nitrogens with one attached hydrogen (secondary N) is 1. The Balaban J connectivity index is 1.40. The number of nitrogens with zero attached hydrogens (tertiary/aromatic N) is 7. The van der Waals surface area contributed by atoms with Crippen LogP contribution in [0.4, 0.5) is 11.6 Å². The number of hydrogen-bond acceptors (Lipinski definition) is 11. The van der Waals surface area contributed by atoms with Crippen LogP contribution in [0.25, 0.3) is 11.3 Å². The number of carbonyl (C=O) groups excluding carboxylic acids is 1. The summed E-state index contributed by atoms with van der Waals surface area (Å²) < 4.78 is 18.8. The van der Waals surface area contributed by atoms with Gasteiger partial charge in [-0.05, 0) is 45.6 Å². The Morgan fingerprint density at radius 3 is 2.69 bits per heavy atom. The molecule has 0 aliphatic carbocycles. The highest BCUT2D eigenvalue weighted by Crippen LogP contribution is 2.29. The van der Waals surface area contributed by atoms with E-state index < -0.39 is 0 Å². The van der Waals surface area contributed by atoms with Gasteiger partial charge in [0.05, 0.1) is 18.9 Å². The van der Waals surface area contributed by atoms with Crippen molar-refractivity contribution in [3.63, 3.8) is 0 Å². The topological polar surface area (TPSA) is 155 Å². The van der Waals surface area contributed by atoms with E-state index in [0.29, 0.717) is 43.1 Å². The highest BCUT2D eigenvalue weighted by Gasteiger charge is 2.24. The minimum atomic E-state index is -0.265. The molecule has 0 unspecified atom stereocenters. The fourth-order valence-corrected chi connectivity index (χ4v) is 4.35. The smallest absolute Gasteiger partial charge is 0.319 e. The summed E-state index contributed by atoms with van der Waals surface area (Å²) in [5.41, 5.74) is 8.86. The average molecular weight is 540 g/mol. The van der Waals surface area contributed by atoms with Crippen LogP contribution in [-0.2, 0) is 11.8 Å². The summed E-state index contributed by atoms with van der Waals surface area (Å²) in [5.74, 6) is 1.59. The van der Waals surface area contributed by atoms with Crippen molar-refractivity contribution in [1.29, 1.82) is 0 Å². The molecular formula is C26H37N9O4. The van der Waals surface area contributed by atoms with Crippen molar-refractivity contribution in [2.75, 3.05) is 50.6 Å². The number of pyridine rings is 1. The summed E-state index contributed by atoms with van der Waals surface area (Å²) in [7, 11) is 3.45. The summed E-state index contributed by atoms with van der Waals surface area (Å²) in [5, 5.41) is 11.1. The van der Waals surface area contributed by atoms with Crippen LogP contribution in [-0.4, -0.2) is 81.9 Å². The number of hydrogen-bond donors (Lipinski definition) is 2. The van der Waals surface area contributed by atoms with Gasteiger partial charge in [-0.2, -0.15) is 9.97 Å². The number of anilines is 2. The van der Waals surface area contributed by atoms with E-state index in [0.717, 1.165) is 42.9 Å². The van der Waals surface area contributed by atoms with E-state index >= 15 is 0 Å². The molecule has 3 N–H and O–H groups in total. The maximum Gasteiger partial charge on any atom is 0.319 e. The highest BCUT2D eigenvalue weighted by molar-refractivity contribution is 5.93. The molecule has 0 spiro atoms. The fraction of sp³-hybridized carbons (Fsp3) is 0.538. The van der Waals surface area contributed by atoms with Crippen LogP contribution >= 0.6 is 0 Å². The lowest BCUT2D eigenvalue weighted by Gasteiger charge is -2.33. The SMILES string of the molecule is CCNC(=O)c1cc(N2CCC(COc3cc(-c4nnn(C)c4C)cnc3N)CC2)nc(O[C@H](C)COC)n1. The molecule has 0 saturated carbocycles. The van der Waals surface area contributed by atoms with Crippen molar-refractivity contribution in [2.45, 2.75) is 39.7 Å². The standard InChI is InChI=1S/C26H37N9O4/c1-6-28-25(36)20-12-22(31-26(30-20)39-16(2)14-37-5)35-9-7-18(8-10-35)15-38-21-11-19(13-29-24(21)27)23-17(3)34(4)33-32-23/h11-13,16,18H,6-10,14-15H2,1-5H3,(H2,27,29)(H,28,36)/t16-/m1/s1. The summed E-state index contributed by atoms with van der Waals surface area (Å²) >= 11 is 0. The Morgan fingerprint density at radius 1 is 1.26 bits per heavy atom. The lowest BCUT2D eigenvalue weighted by Crippen LogP contribution is -2.36. The molecule has 1 fully saturated rings. The number of carbonyl (C=O) groups is 1. The van der Waals surface area contributed by atoms with Crippen molar-refractivity contribution in [1.82, 2.24) is 35.3 Å². The average Bonchev–Trinajstić information content (AvgIpc) is 3.26. The van der Waals surface area contributed by atoms with E-state index in [-0.39, 0.29) is 23.7 Å². The zero-order chi connectivity index (χ0) is 27.9. The van der Waals surface area contributed by atoms with E-state index in [1.807, 2.05) is 33.9 Å². The van der Waals surface area contributed by atoms with Crippen molar-refractivity contribution in [3.8, 4) is 23.0 Å². The molecule has 3 aromatic heterocycles. The summed E-state index contributed by atoms with van der Waals surface area (Å²) in [6.07, 6.45) is 3.19.